The van der Waals surface area contributed by atoms with Gasteiger partial charge in [-0.1, -0.05) is 6.58 Å². The van der Waals surface area contributed by atoms with Crippen molar-refractivity contribution in [3.8, 4) is 5.75 Å². The molecular formula is C8H6BF2O2. The Morgan fingerprint density at radius 3 is 2.77 bits per heavy atom. The molecule has 0 spiro atoms. The van der Waals surface area contributed by atoms with Crippen LogP contribution < -0.4 is 4.65 Å². The maximum Gasteiger partial charge on any atom is 0.657 e. The minimum atomic E-state index is -0.788. The van der Waals surface area contributed by atoms with Crippen LogP contribution in [0.5, 0.6) is 5.75 Å². The lowest BCUT2D eigenvalue weighted by Crippen LogP contribution is -2.05. The van der Waals surface area contributed by atoms with Crippen LogP contribution in [0.15, 0.2) is 31.0 Å². The van der Waals surface area contributed by atoms with E-state index in [4.69, 9.17) is 0 Å². The second-order valence-corrected chi connectivity index (χ2v) is 2.09. The molecular weight excluding hydrogens is 177 g/mol. The van der Waals surface area contributed by atoms with E-state index < -0.39 is 11.6 Å². The van der Waals surface area contributed by atoms with Gasteiger partial charge in [-0.2, -0.15) is 0 Å². The number of hydrogen-bond donors (Lipinski definition) is 0. The molecule has 0 fully saturated rings. The highest BCUT2D eigenvalue weighted by Crippen LogP contribution is 2.16. The van der Waals surface area contributed by atoms with Gasteiger partial charge < -0.3 is 9.31 Å². The summed E-state index contributed by atoms with van der Waals surface area (Å²) in [4.78, 5) is 0. The zero-order valence-corrected chi connectivity index (χ0v) is 6.67. The molecule has 1 rings (SSSR count). The maximum absolute atomic E-state index is 12.8. The lowest BCUT2D eigenvalue weighted by molar-refractivity contribution is 0.398. The van der Waals surface area contributed by atoms with E-state index in [1.807, 2.05) is 0 Å². The molecule has 0 unspecified atom stereocenters. The molecule has 0 aliphatic heterocycles. The van der Waals surface area contributed by atoms with Gasteiger partial charge >= 0.3 is 7.69 Å². The molecule has 0 bridgehead atoms. The predicted octanol–water partition coefficient (Wildman–Crippen LogP) is 2.04. The molecule has 0 atom stereocenters. The average molecular weight is 183 g/mol. The molecule has 2 nitrogen and oxygen atoms in total. The molecule has 0 aliphatic carbocycles. The third kappa shape index (κ3) is 2.78. The Balaban J connectivity index is 2.61. The van der Waals surface area contributed by atoms with Gasteiger partial charge in [0.05, 0.1) is 6.26 Å². The first kappa shape index (κ1) is 9.57. The van der Waals surface area contributed by atoms with Crippen molar-refractivity contribution in [2.75, 3.05) is 0 Å². The van der Waals surface area contributed by atoms with E-state index in [9.17, 15) is 8.78 Å². The molecule has 5 heteroatoms. The minimum absolute atomic E-state index is 0.108. The maximum atomic E-state index is 12.8. The standard InChI is InChI=1S/C8H6BF2O2/c1-2-12-9-13-8-4-3-6(10)5-7(8)11/h2-5H,1H2. The van der Waals surface area contributed by atoms with Gasteiger partial charge in [0, 0.05) is 6.07 Å². The Kier molecular flexibility index (Phi) is 3.31. The number of rotatable bonds is 4. The van der Waals surface area contributed by atoms with Crippen LogP contribution in [0, 0.1) is 11.6 Å². The van der Waals surface area contributed by atoms with Gasteiger partial charge in [-0.15, -0.1) is 0 Å². The Labute approximate surface area is 75.1 Å². The van der Waals surface area contributed by atoms with Crippen LogP contribution in [-0.4, -0.2) is 7.69 Å². The van der Waals surface area contributed by atoms with E-state index in [0.29, 0.717) is 0 Å². The van der Waals surface area contributed by atoms with Crippen molar-refractivity contribution >= 4 is 7.69 Å². The van der Waals surface area contributed by atoms with Crippen molar-refractivity contribution in [2.45, 2.75) is 0 Å². The smallest absolute Gasteiger partial charge is 0.533 e. The van der Waals surface area contributed by atoms with Gasteiger partial charge in [-0.3, -0.25) is 0 Å². The molecule has 0 amide bonds. The van der Waals surface area contributed by atoms with E-state index in [2.05, 4.69) is 15.9 Å². The zero-order valence-electron chi connectivity index (χ0n) is 6.67. The van der Waals surface area contributed by atoms with E-state index >= 15 is 0 Å². The molecule has 0 aliphatic rings. The zero-order chi connectivity index (χ0) is 9.68. The first-order valence-corrected chi connectivity index (χ1v) is 3.44. The summed E-state index contributed by atoms with van der Waals surface area (Å²) >= 11 is 0. The Morgan fingerprint density at radius 2 is 2.15 bits per heavy atom. The fourth-order valence-electron chi connectivity index (χ4n) is 0.690. The molecule has 13 heavy (non-hydrogen) atoms. The van der Waals surface area contributed by atoms with Gasteiger partial charge in [0.1, 0.15) is 11.6 Å². The monoisotopic (exact) mass is 183 g/mol. The number of benzene rings is 1. The van der Waals surface area contributed by atoms with E-state index in [-0.39, 0.29) is 5.75 Å². The van der Waals surface area contributed by atoms with Crippen molar-refractivity contribution in [3.05, 3.63) is 42.7 Å². The van der Waals surface area contributed by atoms with Crippen molar-refractivity contribution in [3.63, 3.8) is 0 Å². The predicted molar refractivity (Wildman–Crippen MR) is 44.0 cm³/mol. The van der Waals surface area contributed by atoms with Gasteiger partial charge in [-0.05, 0) is 12.1 Å². The van der Waals surface area contributed by atoms with Crippen LogP contribution in [0.25, 0.3) is 0 Å². The van der Waals surface area contributed by atoms with Crippen LogP contribution in [-0.2, 0) is 4.65 Å². The fraction of sp³-hybridized carbons (Fsp3) is 0. The molecule has 0 saturated heterocycles. The van der Waals surface area contributed by atoms with Crippen LogP contribution in [0.1, 0.15) is 0 Å². The van der Waals surface area contributed by atoms with Gasteiger partial charge in [-0.25, -0.2) is 8.78 Å². The van der Waals surface area contributed by atoms with Crippen molar-refractivity contribution in [2.24, 2.45) is 0 Å². The second-order valence-electron chi connectivity index (χ2n) is 2.09. The summed E-state index contributed by atoms with van der Waals surface area (Å²) in [5.74, 6) is -1.55. The van der Waals surface area contributed by atoms with Gasteiger partial charge in [0.25, 0.3) is 0 Å². The SMILES string of the molecule is C=CO[B]Oc1ccc(F)cc1F. The lowest BCUT2D eigenvalue weighted by Gasteiger charge is -2.03. The van der Waals surface area contributed by atoms with Crippen LogP contribution in [0.3, 0.4) is 0 Å². The molecule has 0 N–H and O–H groups in total. The van der Waals surface area contributed by atoms with Crippen molar-refractivity contribution in [1.82, 2.24) is 0 Å². The summed E-state index contributed by atoms with van der Waals surface area (Å²) in [6, 6.07) is 2.96. The molecule has 1 radical (unpaired) electrons. The second kappa shape index (κ2) is 4.50. The first-order chi connectivity index (χ1) is 6.24. The summed E-state index contributed by atoms with van der Waals surface area (Å²) in [6.07, 6.45) is 1.11. The third-order valence-corrected chi connectivity index (χ3v) is 1.22. The van der Waals surface area contributed by atoms with Crippen LogP contribution >= 0.6 is 0 Å². The van der Waals surface area contributed by atoms with Gasteiger partial charge in [0.2, 0.25) is 0 Å². The topological polar surface area (TPSA) is 18.5 Å². The third-order valence-electron chi connectivity index (χ3n) is 1.22. The summed E-state index contributed by atoms with van der Waals surface area (Å²) in [7, 11) is 0.892. The summed E-state index contributed by atoms with van der Waals surface area (Å²) < 4.78 is 34.3. The summed E-state index contributed by atoms with van der Waals surface area (Å²) in [5, 5.41) is 0. The normalized spacial score (nSPS) is 9.08. The molecule has 0 aromatic heterocycles. The molecule has 0 saturated carbocycles. The molecule has 1 aromatic carbocycles. The van der Waals surface area contributed by atoms with E-state index in [0.717, 1.165) is 32.1 Å². The minimum Gasteiger partial charge on any atom is -0.533 e. The summed E-state index contributed by atoms with van der Waals surface area (Å²) in [5.41, 5.74) is 0. The molecule has 0 heterocycles. The number of halogens is 2. The van der Waals surface area contributed by atoms with Crippen LogP contribution in [0.2, 0.25) is 0 Å². The first-order valence-electron chi connectivity index (χ1n) is 3.44. The Hall–Kier alpha value is -1.52. The van der Waals surface area contributed by atoms with E-state index in [1.54, 1.807) is 0 Å². The average Bonchev–Trinajstić information content (AvgIpc) is 2.09. The van der Waals surface area contributed by atoms with Crippen LogP contribution in [0.4, 0.5) is 8.78 Å². The highest BCUT2D eigenvalue weighted by molar-refractivity contribution is 6.19. The highest BCUT2D eigenvalue weighted by Gasteiger charge is 2.05. The molecule has 1 aromatic rings. The van der Waals surface area contributed by atoms with Crippen molar-refractivity contribution in [1.29, 1.82) is 0 Å². The summed E-state index contributed by atoms with van der Waals surface area (Å²) in [6.45, 7) is 3.24. The van der Waals surface area contributed by atoms with Crippen molar-refractivity contribution < 1.29 is 18.1 Å². The quantitative estimate of drug-likeness (QED) is 0.403. The largest absolute Gasteiger partial charge is 0.657 e. The highest BCUT2D eigenvalue weighted by atomic mass is 19.1. The lowest BCUT2D eigenvalue weighted by atomic mass is 10.3. The Morgan fingerprint density at radius 1 is 1.38 bits per heavy atom. The fourth-order valence-corrected chi connectivity index (χ4v) is 0.690. The number of hydrogen-bond acceptors (Lipinski definition) is 2. The molecule has 67 valence electrons. The Bertz CT molecular complexity index is 304. The van der Waals surface area contributed by atoms with E-state index in [1.165, 1.54) is 0 Å². The van der Waals surface area contributed by atoms with Gasteiger partial charge in [0.15, 0.2) is 5.82 Å².